The normalized spacial score (nSPS) is 16.4. The maximum atomic E-state index is 11.3. The molecule has 10 nitrogen and oxygen atoms in total. The lowest BCUT2D eigenvalue weighted by Gasteiger charge is -2.11. The Bertz CT molecular complexity index is 732. The highest BCUT2D eigenvalue weighted by Crippen LogP contribution is 2.22. The van der Waals surface area contributed by atoms with Crippen molar-refractivity contribution in [1.82, 2.24) is 10.3 Å². The van der Waals surface area contributed by atoms with E-state index < -0.39 is 10.2 Å². The Balaban J connectivity index is 1.79. The van der Waals surface area contributed by atoms with E-state index in [1.165, 1.54) is 11.3 Å². The summed E-state index contributed by atoms with van der Waals surface area (Å²) in [6.07, 6.45) is 0.422. The molecule has 1 aliphatic rings. The first kappa shape index (κ1) is 16.5. The van der Waals surface area contributed by atoms with Gasteiger partial charge in [-0.15, -0.1) is 20.1 Å². The molecule has 1 aliphatic heterocycles. The summed E-state index contributed by atoms with van der Waals surface area (Å²) < 4.78 is 29.2. The molecule has 0 atom stereocenters. The van der Waals surface area contributed by atoms with Gasteiger partial charge in [0.1, 0.15) is 5.84 Å². The van der Waals surface area contributed by atoms with Crippen LogP contribution in [-0.4, -0.2) is 36.9 Å². The zero-order valence-corrected chi connectivity index (χ0v) is 13.7. The van der Waals surface area contributed by atoms with E-state index in [1.807, 2.05) is 5.38 Å². The van der Waals surface area contributed by atoms with Gasteiger partial charge in [-0.3, -0.25) is 0 Å². The van der Waals surface area contributed by atoms with E-state index in [0.29, 0.717) is 23.1 Å². The third kappa shape index (κ3) is 5.16. The second-order valence-electron chi connectivity index (χ2n) is 4.05. The fourth-order valence-electron chi connectivity index (χ4n) is 1.46. The van der Waals surface area contributed by atoms with Crippen LogP contribution < -0.4 is 22.5 Å². The van der Waals surface area contributed by atoms with Crippen molar-refractivity contribution in [2.45, 2.75) is 12.2 Å². The van der Waals surface area contributed by atoms with E-state index in [2.05, 4.69) is 24.1 Å². The van der Waals surface area contributed by atoms with Gasteiger partial charge in [0.25, 0.3) is 0 Å². The average molecular weight is 362 g/mol. The number of nitrogens with zero attached hydrogens (tertiary/aromatic N) is 4. The van der Waals surface area contributed by atoms with Crippen LogP contribution in [0.15, 0.2) is 19.2 Å². The lowest BCUT2D eigenvalue weighted by atomic mass is 10.4. The van der Waals surface area contributed by atoms with Crippen molar-refractivity contribution in [2.75, 3.05) is 5.75 Å². The predicted octanol–water partition coefficient (Wildman–Crippen LogP) is -0.768. The Morgan fingerprint density at radius 1 is 1.41 bits per heavy atom. The van der Waals surface area contributed by atoms with Gasteiger partial charge in [0.05, 0.1) is 5.69 Å². The molecular weight excluding hydrogens is 348 g/mol. The number of nitrogens with one attached hydrogen (secondary N) is 1. The summed E-state index contributed by atoms with van der Waals surface area (Å²) in [4.78, 5) is 8.09. The van der Waals surface area contributed by atoms with Gasteiger partial charge < -0.3 is 22.5 Å². The monoisotopic (exact) mass is 362 g/mol. The molecule has 0 amide bonds. The van der Waals surface area contributed by atoms with Crippen LogP contribution in [0.2, 0.25) is 0 Å². The maximum absolute atomic E-state index is 11.3. The van der Waals surface area contributed by atoms with Gasteiger partial charge >= 0.3 is 10.2 Å². The number of guanidine groups is 2. The van der Waals surface area contributed by atoms with E-state index in [4.69, 9.17) is 17.2 Å². The molecule has 13 heteroatoms. The van der Waals surface area contributed by atoms with Crippen LogP contribution in [0.5, 0.6) is 0 Å². The molecule has 0 saturated carbocycles. The maximum Gasteiger partial charge on any atom is 0.367 e. The van der Waals surface area contributed by atoms with Crippen LogP contribution >= 0.6 is 23.1 Å². The molecule has 7 N–H and O–H groups in total. The predicted molar refractivity (Wildman–Crippen MR) is 89.5 cm³/mol. The fourth-order valence-corrected chi connectivity index (χ4v) is 3.86. The topological polar surface area (TPSA) is 174 Å². The number of thioether (sulfide) groups is 1. The quantitative estimate of drug-likeness (QED) is 0.290. The number of thiazole rings is 1. The van der Waals surface area contributed by atoms with Crippen LogP contribution in [0.4, 0.5) is 5.13 Å². The van der Waals surface area contributed by atoms with Crippen molar-refractivity contribution in [3.05, 3.63) is 11.1 Å². The lowest BCUT2D eigenvalue weighted by Crippen LogP contribution is -2.40. The zero-order valence-electron chi connectivity index (χ0n) is 11.3. The molecule has 1 aromatic rings. The number of nitrogens with two attached hydrogens (primary N) is 3. The van der Waals surface area contributed by atoms with Gasteiger partial charge in [-0.05, 0) is 0 Å². The van der Waals surface area contributed by atoms with Gasteiger partial charge in [0, 0.05) is 23.3 Å². The minimum Gasteiger partial charge on any atom is -0.370 e. The molecule has 0 aromatic carbocycles. The van der Waals surface area contributed by atoms with Gasteiger partial charge in [-0.25, -0.2) is 4.98 Å². The van der Waals surface area contributed by atoms with E-state index in [9.17, 15) is 8.42 Å². The molecule has 2 heterocycles. The summed E-state index contributed by atoms with van der Waals surface area (Å²) in [6.45, 7) is 0. The third-order valence-corrected chi connectivity index (χ3v) is 4.86. The first-order valence-electron chi connectivity index (χ1n) is 5.92. The average Bonchev–Trinajstić information content (AvgIpc) is 2.79. The molecule has 1 aromatic heterocycles. The van der Waals surface area contributed by atoms with E-state index in [-0.39, 0.29) is 17.8 Å². The third-order valence-electron chi connectivity index (χ3n) is 2.21. The van der Waals surface area contributed by atoms with Crippen LogP contribution in [0, 0.1) is 0 Å². The molecule has 0 saturated heterocycles. The van der Waals surface area contributed by atoms with Gasteiger partial charge in [-0.2, -0.15) is 25.2 Å². The zero-order chi connectivity index (χ0) is 16.2. The first-order chi connectivity index (χ1) is 10.3. The van der Waals surface area contributed by atoms with E-state index in [0.717, 1.165) is 5.69 Å². The van der Waals surface area contributed by atoms with Crippen molar-refractivity contribution in [3.63, 3.8) is 0 Å². The molecule has 0 unspecified atom stereocenters. The summed E-state index contributed by atoms with van der Waals surface area (Å²) in [5.41, 5.74) is 16.8. The van der Waals surface area contributed by atoms with Crippen LogP contribution in [0.3, 0.4) is 0 Å². The van der Waals surface area contributed by atoms with Gasteiger partial charge in [0.2, 0.25) is 11.1 Å². The van der Waals surface area contributed by atoms with Gasteiger partial charge in [0.15, 0.2) is 5.96 Å². The second kappa shape index (κ2) is 6.93. The second-order valence-corrected chi connectivity index (χ2v) is 7.25. The molecule has 2 rings (SSSR count). The van der Waals surface area contributed by atoms with Crippen molar-refractivity contribution in [2.24, 2.45) is 31.0 Å². The molecule has 0 aliphatic carbocycles. The standard InChI is InChI=1S/C9H14N8O2S3/c10-7(11)15-9-13-5(4-21-9)3-20-2-1-6-14-8(12)17-22(18,19)16-6/h4H,1-3H2,(H4,10,11,13,15)(H3,12,14,16,17). The van der Waals surface area contributed by atoms with Crippen molar-refractivity contribution in [3.8, 4) is 0 Å². The summed E-state index contributed by atoms with van der Waals surface area (Å²) in [7, 11) is -3.85. The molecule has 0 radical (unpaired) electrons. The Kier molecular flexibility index (Phi) is 5.20. The number of rotatable bonds is 6. The molecule has 0 bridgehead atoms. The van der Waals surface area contributed by atoms with Crippen molar-refractivity contribution < 1.29 is 8.42 Å². The van der Waals surface area contributed by atoms with Crippen molar-refractivity contribution >= 4 is 56.2 Å². The van der Waals surface area contributed by atoms with Crippen molar-refractivity contribution in [1.29, 1.82) is 0 Å². The summed E-state index contributed by atoms with van der Waals surface area (Å²) >= 11 is 2.91. The Morgan fingerprint density at radius 2 is 2.18 bits per heavy atom. The molecular formula is C9H14N8O2S3. The largest absolute Gasteiger partial charge is 0.370 e. The highest BCUT2D eigenvalue weighted by Gasteiger charge is 2.16. The number of hydrogen-bond acceptors (Lipinski definition) is 8. The van der Waals surface area contributed by atoms with Crippen LogP contribution in [-0.2, 0) is 16.0 Å². The van der Waals surface area contributed by atoms with E-state index in [1.54, 1.807) is 11.8 Å². The minimum atomic E-state index is -3.85. The Labute approximate surface area is 135 Å². The van der Waals surface area contributed by atoms with Gasteiger partial charge in [-0.1, -0.05) is 0 Å². The minimum absolute atomic E-state index is 0.0320. The molecule has 0 fully saturated rings. The highest BCUT2D eigenvalue weighted by molar-refractivity contribution is 7.98. The fraction of sp³-hybridized carbons (Fsp3) is 0.333. The molecule has 0 spiro atoms. The highest BCUT2D eigenvalue weighted by atomic mass is 32.2. The van der Waals surface area contributed by atoms with Crippen LogP contribution in [0.1, 0.15) is 12.1 Å². The van der Waals surface area contributed by atoms with Crippen LogP contribution in [0.25, 0.3) is 0 Å². The first-order valence-corrected chi connectivity index (χ1v) is 9.35. The Hall–Kier alpha value is -1.86. The number of amidine groups is 1. The number of hydrogen-bond donors (Lipinski definition) is 4. The number of aliphatic imine (C=N–C) groups is 1. The molecule has 22 heavy (non-hydrogen) atoms. The summed E-state index contributed by atoms with van der Waals surface area (Å²) in [5, 5.41) is 4.99. The SMILES string of the molecule is NC(N)=Nc1nc(CSCCC2=NS(=O)(=O)N=C(N)N2)cs1. The summed E-state index contributed by atoms with van der Waals surface area (Å²) in [6, 6.07) is 0. The Morgan fingerprint density at radius 3 is 2.86 bits per heavy atom. The lowest BCUT2D eigenvalue weighted by molar-refractivity contribution is 0.599. The molecule has 120 valence electrons. The smallest absolute Gasteiger partial charge is 0.367 e. The van der Waals surface area contributed by atoms with E-state index >= 15 is 0 Å². The summed E-state index contributed by atoms with van der Waals surface area (Å²) in [5.74, 6) is 1.37. The number of aromatic nitrogens is 1.